The summed E-state index contributed by atoms with van der Waals surface area (Å²) in [6.45, 7) is 1.74. The summed E-state index contributed by atoms with van der Waals surface area (Å²) in [5.74, 6) is -0.642. The molecule has 6 heteroatoms. The van der Waals surface area contributed by atoms with Crippen LogP contribution in [0.1, 0.15) is 35.1 Å². The van der Waals surface area contributed by atoms with Gasteiger partial charge in [0.15, 0.2) is 0 Å². The van der Waals surface area contributed by atoms with Crippen LogP contribution < -0.4 is 5.43 Å². The predicted molar refractivity (Wildman–Crippen MR) is 63.8 cm³/mol. The predicted octanol–water partition coefficient (Wildman–Crippen LogP) is 1.13. The number of nitrogens with zero attached hydrogens (tertiary/aromatic N) is 3. The van der Waals surface area contributed by atoms with Crippen molar-refractivity contribution in [2.75, 3.05) is 0 Å². The number of carboxylic acid groups (broad SMARTS) is 1. The van der Waals surface area contributed by atoms with E-state index in [9.17, 15) is 9.59 Å². The Morgan fingerprint density at radius 2 is 2.22 bits per heavy atom. The third-order valence-electron chi connectivity index (χ3n) is 3.06. The van der Waals surface area contributed by atoms with Crippen molar-refractivity contribution in [1.82, 2.24) is 14.5 Å². The Bertz CT molecular complexity index is 716. The molecule has 1 aliphatic carbocycles. The van der Waals surface area contributed by atoms with Crippen molar-refractivity contribution in [2.45, 2.75) is 25.8 Å². The average molecular weight is 245 g/mol. The van der Waals surface area contributed by atoms with Crippen LogP contribution in [0.2, 0.25) is 0 Å². The fourth-order valence-electron chi connectivity index (χ4n) is 2.00. The van der Waals surface area contributed by atoms with Crippen molar-refractivity contribution in [3.63, 3.8) is 0 Å². The van der Waals surface area contributed by atoms with Gasteiger partial charge in [0, 0.05) is 18.4 Å². The van der Waals surface area contributed by atoms with E-state index in [-0.39, 0.29) is 17.0 Å². The van der Waals surface area contributed by atoms with Gasteiger partial charge in [0.2, 0.25) is 5.43 Å². The highest BCUT2D eigenvalue weighted by Gasteiger charge is 2.27. The minimum absolute atomic E-state index is 0.221. The minimum atomic E-state index is -1.21. The van der Waals surface area contributed by atoms with Crippen LogP contribution in [0.15, 0.2) is 17.2 Å². The second-order valence-electron chi connectivity index (χ2n) is 4.47. The lowest BCUT2D eigenvalue weighted by molar-refractivity contribution is 0.0695. The number of rotatable bonds is 2. The zero-order chi connectivity index (χ0) is 12.9. The molecule has 0 spiro atoms. The standard InChI is InChI=1S/C12H11N3O3/c1-6-13-4-8-10(16)9(12(17)18)5-15(7-2-3-7)11(8)14-6/h4-5,7H,2-3H2,1H3,(H,17,18). The maximum atomic E-state index is 12.0. The van der Waals surface area contributed by atoms with Gasteiger partial charge >= 0.3 is 5.97 Å². The van der Waals surface area contributed by atoms with E-state index in [1.54, 1.807) is 11.5 Å². The van der Waals surface area contributed by atoms with Crippen molar-refractivity contribution < 1.29 is 9.90 Å². The first-order valence-corrected chi connectivity index (χ1v) is 5.69. The normalized spacial score (nSPS) is 14.9. The summed E-state index contributed by atoms with van der Waals surface area (Å²) in [5.41, 5.74) is -0.212. The van der Waals surface area contributed by atoms with Gasteiger partial charge in [-0.3, -0.25) is 4.79 Å². The molecule has 0 radical (unpaired) electrons. The minimum Gasteiger partial charge on any atom is -0.477 e. The smallest absolute Gasteiger partial charge is 0.341 e. The van der Waals surface area contributed by atoms with E-state index in [0.29, 0.717) is 11.5 Å². The van der Waals surface area contributed by atoms with E-state index in [1.165, 1.54) is 12.4 Å². The molecule has 92 valence electrons. The van der Waals surface area contributed by atoms with Crippen LogP contribution in [0.3, 0.4) is 0 Å². The molecule has 0 aliphatic heterocycles. The molecule has 0 atom stereocenters. The summed E-state index contributed by atoms with van der Waals surface area (Å²) in [7, 11) is 0. The molecular weight excluding hydrogens is 234 g/mol. The topological polar surface area (TPSA) is 85.1 Å². The van der Waals surface area contributed by atoms with E-state index in [2.05, 4.69) is 9.97 Å². The Morgan fingerprint density at radius 3 is 2.83 bits per heavy atom. The van der Waals surface area contributed by atoms with Crippen molar-refractivity contribution in [2.24, 2.45) is 0 Å². The number of aromatic nitrogens is 3. The van der Waals surface area contributed by atoms with Crippen molar-refractivity contribution in [1.29, 1.82) is 0 Å². The highest BCUT2D eigenvalue weighted by molar-refractivity contribution is 5.91. The Morgan fingerprint density at radius 1 is 1.50 bits per heavy atom. The van der Waals surface area contributed by atoms with Crippen LogP contribution in [-0.4, -0.2) is 25.6 Å². The molecule has 0 amide bonds. The highest BCUT2D eigenvalue weighted by atomic mass is 16.4. The van der Waals surface area contributed by atoms with Crippen LogP contribution in [0.5, 0.6) is 0 Å². The lowest BCUT2D eigenvalue weighted by Crippen LogP contribution is -2.19. The third kappa shape index (κ3) is 1.57. The van der Waals surface area contributed by atoms with Crippen molar-refractivity contribution in [3.8, 4) is 0 Å². The number of hydrogen-bond acceptors (Lipinski definition) is 4. The summed E-state index contributed by atoms with van der Waals surface area (Å²) >= 11 is 0. The SMILES string of the molecule is Cc1ncc2c(=O)c(C(=O)O)cn(C3CC3)c2n1. The molecule has 1 saturated carbocycles. The molecule has 1 aliphatic rings. The highest BCUT2D eigenvalue weighted by Crippen LogP contribution is 2.36. The van der Waals surface area contributed by atoms with Crippen molar-refractivity contribution >= 4 is 17.0 Å². The quantitative estimate of drug-likeness (QED) is 0.857. The number of carboxylic acids is 1. The molecule has 1 fully saturated rings. The van der Waals surface area contributed by atoms with Crippen LogP contribution >= 0.6 is 0 Å². The van der Waals surface area contributed by atoms with Gasteiger partial charge in [-0.25, -0.2) is 14.8 Å². The maximum Gasteiger partial charge on any atom is 0.341 e. The summed E-state index contributed by atoms with van der Waals surface area (Å²) in [4.78, 5) is 31.3. The molecule has 3 rings (SSSR count). The van der Waals surface area contributed by atoms with Gasteiger partial charge in [0.25, 0.3) is 0 Å². The molecule has 0 saturated heterocycles. The van der Waals surface area contributed by atoms with E-state index < -0.39 is 11.4 Å². The van der Waals surface area contributed by atoms with E-state index in [1.807, 2.05) is 0 Å². The second-order valence-corrected chi connectivity index (χ2v) is 4.47. The lowest BCUT2D eigenvalue weighted by atomic mass is 10.2. The van der Waals surface area contributed by atoms with Crippen LogP contribution in [-0.2, 0) is 0 Å². The number of carbonyl (C=O) groups is 1. The molecule has 2 heterocycles. The van der Waals surface area contributed by atoms with Crippen LogP contribution in [0.25, 0.3) is 11.0 Å². The van der Waals surface area contributed by atoms with Gasteiger partial charge in [-0.05, 0) is 19.8 Å². The van der Waals surface area contributed by atoms with Gasteiger partial charge in [-0.1, -0.05) is 0 Å². The van der Waals surface area contributed by atoms with E-state index in [4.69, 9.17) is 5.11 Å². The number of pyridine rings is 1. The molecule has 1 N–H and O–H groups in total. The fraction of sp³-hybridized carbons (Fsp3) is 0.333. The second kappa shape index (κ2) is 3.63. The Balaban J connectivity index is 2.43. The van der Waals surface area contributed by atoms with Crippen molar-refractivity contribution in [3.05, 3.63) is 34.0 Å². The summed E-state index contributed by atoms with van der Waals surface area (Å²) in [6.07, 6.45) is 4.78. The van der Waals surface area contributed by atoms with Gasteiger partial charge in [0.05, 0.1) is 5.39 Å². The largest absolute Gasteiger partial charge is 0.477 e. The first-order chi connectivity index (χ1) is 8.58. The number of hydrogen-bond donors (Lipinski definition) is 1. The number of aryl methyl sites for hydroxylation is 1. The zero-order valence-electron chi connectivity index (χ0n) is 9.75. The number of aromatic carboxylic acids is 1. The zero-order valence-corrected chi connectivity index (χ0v) is 9.75. The van der Waals surface area contributed by atoms with Gasteiger partial charge in [0.1, 0.15) is 17.0 Å². The number of fused-ring (bicyclic) bond motifs is 1. The lowest BCUT2D eigenvalue weighted by Gasteiger charge is -2.10. The van der Waals surface area contributed by atoms with Crippen LogP contribution in [0.4, 0.5) is 0 Å². The van der Waals surface area contributed by atoms with Gasteiger partial charge < -0.3 is 9.67 Å². The molecule has 2 aromatic rings. The molecule has 2 aromatic heterocycles. The monoisotopic (exact) mass is 245 g/mol. The maximum absolute atomic E-state index is 12.0. The van der Waals surface area contributed by atoms with Gasteiger partial charge in [-0.2, -0.15) is 0 Å². The fourth-order valence-corrected chi connectivity index (χ4v) is 2.00. The molecule has 18 heavy (non-hydrogen) atoms. The first kappa shape index (κ1) is 10.9. The van der Waals surface area contributed by atoms with E-state index in [0.717, 1.165) is 12.8 Å². The molecule has 0 aromatic carbocycles. The summed E-state index contributed by atoms with van der Waals surface area (Å²) < 4.78 is 1.79. The Kier molecular flexibility index (Phi) is 2.19. The Hall–Kier alpha value is -2.24. The summed E-state index contributed by atoms with van der Waals surface area (Å²) in [6, 6.07) is 0.250. The molecule has 0 bridgehead atoms. The first-order valence-electron chi connectivity index (χ1n) is 5.69. The Labute approximate surface area is 102 Å². The van der Waals surface area contributed by atoms with Gasteiger partial charge in [-0.15, -0.1) is 0 Å². The molecule has 6 nitrogen and oxygen atoms in total. The summed E-state index contributed by atoms with van der Waals surface area (Å²) in [5, 5.41) is 9.32. The van der Waals surface area contributed by atoms with E-state index >= 15 is 0 Å². The molecule has 0 unspecified atom stereocenters. The third-order valence-corrected chi connectivity index (χ3v) is 3.06. The van der Waals surface area contributed by atoms with Crippen LogP contribution in [0, 0.1) is 6.92 Å². The average Bonchev–Trinajstić information content (AvgIpc) is 3.13. The molecular formula is C12H11N3O3.